The van der Waals surface area contributed by atoms with Crippen molar-refractivity contribution in [2.45, 2.75) is 44.9 Å². The quantitative estimate of drug-likeness (QED) is 0.767. The third kappa shape index (κ3) is 2.31. The first kappa shape index (κ1) is 10.5. The average Bonchev–Trinajstić information content (AvgIpc) is 3.08. The van der Waals surface area contributed by atoms with Crippen molar-refractivity contribution in [1.29, 1.82) is 5.26 Å². The number of nitrogens with zero attached hydrogens (tertiary/aromatic N) is 1. The van der Waals surface area contributed by atoms with Crippen LogP contribution in [0.3, 0.4) is 0 Å². The zero-order valence-electron chi connectivity index (χ0n) is 9.09. The Labute approximate surface area is 90.8 Å². The van der Waals surface area contributed by atoms with E-state index in [1.165, 1.54) is 32.1 Å². The molecule has 82 valence electrons. The van der Waals surface area contributed by atoms with E-state index in [0.29, 0.717) is 5.92 Å². The van der Waals surface area contributed by atoms with Crippen LogP contribution < -0.4 is 5.32 Å². The minimum Gasteiger partial charge on any atom is -0.354 e. The first-order chi connectivity index (χ1) is 7.27. The molecule has 0 aromatic rings. The molecule has 0 saturated heterocycles. The standard InChI is InChI=1S/C12H18N2O/c13-9-12(6-7-12)11(15)14-8-10-4-2-1-3-5-10/h10H,1-8H2,(H,14,15). The Morgan fingerprint density at radius 1 is 1.33 bits per heavy atom. The van der Waals surface area contributed by atoms with Crippen LogP contribution in [0.25, 0.3) is 0 Å². The lowest BCUT2D eigenvalue weighted by atomic mass is 9.89. The van der Waals surface area contributed by atoms with Crippen molar-refractivity contribution in [1.82, 2.24) is 5.32 Å². The van der Waals surface area contributed by atoms with Gasteiger partial charge >= 0.3 is 0 Å². The molecule has 2 aliphatic rings. The lowest BCUT2D eigenvalue weighted by Crippen LogP contribution is -2.35. The summed E-state index contributed by atoms with van der Waals surface area (Å²) in [6.07, 6.45) is 7.90. The SMILES string of the molecule is N#CC1(C(=O)NCC2CCCCC2)CC1. The van der Waals surface area contributed by atoms with Gasteiger partial charge in [-0.15, -0.1) is 0 Å². The van der Waals surface area contributed by atoms with Crippen LogP contribution in [0.1, 0.15) is 44.9 Å². The van der Waals surface area contributed by atoms with Crippen molar-refractivity contribution in [3.63, 3.8) is 0 Å². The minimum atomic E-state index is -0.644. The molecule has 2 fully saturated rings. The zero-order chi connectivity index (χ0) is 10.7. The summed E-state index contributed by atoms with van der Waals surface area (Å²) in [5, 5.41) is 11.8. The number of carbonyl (C=O) groups is 1. The van der Waals surface area contributed by atoms with Crippen molar-refractivity contribution < 1.29 is 4.79 Å². The molecule has 1 amide bonds. The predicted molar refractivity (Wildman–Crippen MR) is 56.9 cm³/mol. The molecule has 0 aromatic carbocycles. The maximum Gasteiger partial charge on any atom is 0.240 e. The Morgan fingerprint density at radius 2 is 2.00 bits per heavy atom. The van der Waals surface area contributed by atoms with Gasteiger partial charge in [0.2, 0.25) is 5.91 Å². The number of carbonyl (C=O) groups excluding carboxylic acids is 1. The van der Waals surface area contributed by atoms with Crippen molar-refractivity contribution in [3.05, 3.63) is 0 Å². The second kappa shape index (κ2) is 4.22. The summed E-state index contributed by atoms with van der Waals surface area (Å²) in [7, 11) is 0. The molecular weight excluding hydrogens is 188 g/mol. The number of hydrogen-bond acceptors (Lipinski definition) is 2. The Bertz CT molecular complexity index is 282. The molecular formula is C12H18N2O. The summed E-state index contributed by atoms with van der Waals surface area (Å²) >= 11 is 0. The van der Waals surface area contributed by atoms with Gasteiger partial charge in [-0.1, -0.05) is 19.3 Å². The van der Waals surface area contributed by atoms with Crippen molar-refractivity contribution >= 4 is 5.91 Å². The van der Waals surface area contributed by atoms with E-state index >= 15 is 0 Å². The Balaban J connectivity index is 1.73. The topological polar surface area (TPSA) is 52.9 Å². The molecule has 0 bridgehead atoms. The molecule has 3 nitrogen and oxygen atoms in total. The second-order valence-electron chi connectivity index (χ2n) is 4.91. The molecule has 15 heavy (non-hydrogen) atoms. The van der Waals surface area contributed by atoms with Crippen molar-refractivity contribution in [2.24, 2.45) is 11.3 Å². The highest BCUT2D eigenvalue weighted by atomic mass is 16.2. The maximum absolute atomic E-state index is 11.7. The summed E-state index contributed by atoms with van der Waals surface area (Å²) < 4.78 is 0. The maximum atomic E-state index is 11.7. The van der Waals surface area contributed by atoms with E-state index < -0.39 is 5.41 Å². The molecule has 0 aliphatic heterocycles. The molecule has 3 heteroatoms. The van der Waals surface area contributed by atoms with Crippen LogP contribution in [0, 0.1) is 22.7 Å². The monoisotopic (exact) mass is 206 g/mol. The fourth-order valence-electron chi connectivity index (χ4n) is 2.31. The van der Waals surface area contributed by atoms with Gasteiger partial charge < -0.3 is 5.32 Å². The Hall–Kier alpha value is -1.04. The predicted octanol–water partition coefficient (Wildman–Crippen LogP) is 1.99. The van der Waals surface area contributed by atoms with Crippen LogP contribution in [-0.2, 0) is 4.79 Å². The fraction of sp³-hybridized carbons (Fsp3) is 0.833. The average molecular weight is 206 g/mol. The number of rotatable bonds is 3. The molecule has 0 spiro atoms. The van der Waals surface area contributed by atoms with Gasteiger partial charge in [0.1, 0.15) is 5.41 Å². The van der Waals surface area contributed by atoms with Crippen molar-refractivity contribution in [2.75, 3.05) is 6.54 Å². The second-order valence-corrected chi connectivity index (χ2v) is 4.91. The van der Waals surface area contributed by atoms with E-state index in [-0.39, 0.29) is 5.91 Å². The summed E-state index contributed by atoms with van der Waals surface area (Å²) in [5.41, 5.74) is -0.644. The third-order valence-corrected chi connectivity index (χ3v) is 3.67. The minimum absolute atomic E-state index is 0.0319. The smallest absolute Gasteiger partial charge is 0.240 e. The van der Waals surface area contributed by atoms with Gasteiger partial charge in [0.05, 0.1) is 6.07 Å². The van der Waals surface area contributed by atoms with Crippen LogP contribution in [0.5, 0.6) is 0 Å². The fourth-order valence-corrected chi connectivity index (χ4v) is 2.31. The first-order valence-electron chi connectivity index (χ1n) is 5.96. The van der Waals surface area contributed by atoms with Gasteiger partial charge in [-0.2, -0.15) is 5.26 Å². The highest BCUT2D eigenvalue weighted by Crippen LogP contribution is 2.45. The molecule has 0 unspecified atom stereocenters. The molecule has 1 N–H and O–H groups in total. The van der Waals surface area contributed by atoms with E-state index in [1.807, 2.05) is 0 Å². The molecule has 2 rings (SSSR count). The van der Waals surface area contributed by atoms with Crippen LogP contribution in [0.2, 0.25) is 0 Å². The summed E-state index contributed by atoms with van der Waals surface area (Å²) in [6.45, 7) is 0.780. The summed E-state index contributed by atoms with van der Waals surface area (Å²) in [4.78, 5) is 11.7. The number of nitriles is 1. The van der Waals surface area contributed by atoms with Crippen LogP contribution >= 0.6 is 0 Å². The molecule has 0 atom stereocenters. The normalized spacial score (nSPS) is 24.2. The van der Waals surface area contributed by atoms with E-state index in [9.17, 15) is 4.79 Å². The number of nitrogens with one attached hydrogen (secondary N) is 1. The zero-order valence-corrected chi connectivity index (χ0v) is 9.09. The highest BCUT2D eigenvalue weighted by Gasteiger charge is 2.50. The number of amides is 1. The van der Waals surface area contributed by atoms with Crippen LogP contribution in [-0.4, -0.2) is 12.5 Å². The summed E-state index contributed by atoms with van der Waals surface area (Å²) in [5.74, 6) is 0.618. The van der Waals surface area contributed by atoms with E-state index in [2.05, 4.69) is 11.4 Å². The van der Waals surface area contributed by atoms with Gasteiger partial charge in [-0.25, -0.2) is 0 Å². The molecule has 2 saturated carbocycles. The first-order valence-corrected chi connectivity index (χ1v) is 5.96. The number of hydrogen-bond donors (Lipinski definition) is 1. The van der Waals surface area contributed by atoms with Crippen LogP contribution in [0.4, 0.5) is 0 Å². The van der Waals surface area contributed by atoms with E-state index in [1.54, 1.807) is 0 Å². The molecule has 2 aliphatic carbocycles. The van der Waals surface area contributed by atoms with Gasteiger partial charge in [0, 0.05) is 6.54 Å². The van der Waals surface area contributed by atoms with Gasteiger partial charge in [0.25, 0.3) is 0 Å². The Kier molecular flexibility index (Phi) is 2.95. The molecule has 0 heterocycles. The molecule has 0 radical (unpaired) electrons. The van der Waals surface area contributed by atoms with Gasteiger partial charge in [-0.05, 0) is 31.6 Å². The third-order valence-electron chi connectivity index (χ3n) is 3.67. The Morgan fingerprint density at radius 3 is 2.53 bits per heavy atom. The van der Waals surface area contributed by atoms with Gasteiger partial charge in [-0.3, -0.25) is 4.79 Å². The van der Waals surface area contributed by atoms with Crippen LogP contribution in [0.15, 0.2) is 0 Å². The van der Waals surface area contributed by atoms with E-state index in [4.69, 9.17) is 5.26 Å². The summed E-state index contributed by atoms with van der Waals surface area (Å²) in [6, 6.07) is 2.13. The largest absolute Gasteiger partial charge is 0.354 e. The highest BCUT2D eigenvalue weighted by molar-refractivity contribution is 5.88. The van der Waals surface area contributed by atoms with Crippen molar-refractivity contribution in [3.8, 4) is 6.07 Å². The van der Waals surface area contributed by atoms with Gasteiger partial charge in [0.15, 0.2) is 0 Å². The molecule has 0 aromatic heterocycles. The lowest BCUT2D eigenvalue weighted by molar-refractivity contribution is -0.124. The van der Waals surface area contributed by atoms with E-state index in [0.717, 1.165) is 19.4 Å². The lowest BCUT2D eigenvalue weighted by Gasteiger charge is -2.22.